The number of alkyl halides is 4. The maximum Gasteiger partial charge on any atom is 0.383 e. The van der Waals surface area contributed by atoms with E-state index in [-0.39, 0.29) is 5.69 Å². The van der Waals surface area contributed by atoms with Crippen molar-refractivity contribution in [2.24, 2.45) is 0 Å². The van der Waals surface area contributed by atoms with Crippen molar-refractivity contribution in [3.63, 3.8) is 0 Å². The second kappa shape index (κ2) is 5.81. The molecule has 1 amide bonds. The van der Waals surface area contributed by atoms with E-state index in [0.29, 0.717) is 6.54 Å². The van der Waals surface area contributed by atoms with Crippen LogP contribution in [0.4, 0.5) is 23.2 Å². The summed E-state index contributed by atoms with van der Waals surface area (Å²) < 4.78 is 49.1. The van der Waals surface area contributed by atoms with Gasteiger partial charge in [-0.3, -0.25) is 4.79 Å². The van der Waals surface area contributed by atoms with Crippen molar-refractivity contribution in [3.8, 4) is 0 Å². The van der Waals surface area contributed by atoms with E-state index < -0.39 is 18.3 Å². The third kappa shape index (κ3) is 3.43. The molecular weight excluding hydrogens is 252 g/mol. The number of hydrogen-bond acceptors (Lipinski definition) is 2. The number of carbonyl (C=O) groups excluding carboxylic acids is 1. The molecule has 0 fully saturated rings. The molecule has 0 bridgehead atoms. The zero-order valence-electron chi connectivity index (χ0n) is 9.51. The van der Waals surface area contributed by atoms with Gasteiger partial charge >= 0.3 is 18.3 Å². The third-order valence-electron chi connectivity index (χ3n) is 2.17. The Labute approximate surface area is 101 Å². The van der Waals surface area contributed by atoms with Gasteiger partial charge in [-0.05, 0) is 24.7 Å². The first kappa shape index (κ1) is 14.4. The Bertz CT molecular complexity index is 406. The van der Waals surface area contributed by atoms with Crippen LogP contribution in [0.15, 0.2) is 24.3 Å². The van der Waals surface area contributed by atoms with Crippen LogP contribution < -0.4 is 10.6 Å². The Morgan fingerprint density at radius 2 is 1.83 bits per heavy atom. The molecule has 3 nitrogen and oxygen atoms in total. The highest BCUT2D eigenvalue weighted by Gasteiger charge is 2.48. The largest absolute Gasteiger partial charge is 0.383 e. The molecule has 0 unspecified atom stereocenters. The van der Waals surface area contributed by atoms with Gasteiger partial charge in [0.15, 0.2) is 0 Å². The van der Waals surface area contributed by atoms with Gasteiger partial charge in [0.1, 0.15) is 0 Å². The van der Waals surface area contributed by atoms with Crippen molar-refractivity contribution in [1.29, 1.82) is 0 Å². The fourth-order valence-corrected chi connectivity index (χ4v) is 1.22. The average Bonchev–Trinajstić information content (AvgIpc) is 2.31. The SMILES string of the molecule is CNCc1ccc(NC(=O)C(F)(F)C(F)F)cc1. The summed E-state index contributed by atoms with van der Waals surface area (Å²) in [4.78, 5) is 10.9. The van der Waals surface area contributed by atoms with Gasteiger partial charge in [0.05, 0.1) is 0 Å². The van der Waals surface area contributed by atoms with Gasteiger partial charge < -0.3 is 10.6 Å². The first-order chi connectivity index (χ1) is 8.37. The second-order valence-electron chi connectivity index (χ2n) is 3.61. The number of anilines is 1. The molecule has 0 heterocycles. The van der Waals surface area contributed by atoms with Gasteiger partial charge in [0.2, 0.25) is 0 Å². The highest BCUT2D eigenvalue weighted by atomic mass is 19.3. The predicted octanol–water partition coefficient (Wildman–Crippen LogP) is 2.24. The minimum absolute atomic E-state index is 0.0418. The summed E-state index contributed by atoms with van der Waals surface area (Å²) in [6.45, 7) is 0.571. The standard InChI is InChI=1S/C11H12F4N2O/c1-16-6-7-2-4-8(5-3-7)17-10(18)11(14,15)9(12)13/h2-5,9,16H,6H2,1H3,(H,17,18). The van der Waals surface area contributed by atoms with Crippen LogP contribution in [0.25, 0.3) is 0 Å². The molecule has 0 atom stereocenters. The van der Waals surface area contributed by atoms with Gasteiger partial charge in [0, 0.05) is 12.2 Å². The van der Waals surface area contributed by atoms with Crippen molar-refractivity contribution >= 4 is 11.6 Å². The summed E-state index contributed by atoms with van der Waals surface area (Å²) >= 11 is 0. The van der Waals surface area contributed by atoms with Gasteiger partial charge in [-0.15, -0.1) is 0 Å². The van der Waals surface area contributed by atoms with E-state index in [1.807, 2.05) is 0 Å². The maximum absolute atomic E-state index is 12.7. The van der Waals surface area contributed by atoms with Gasteiger partial charge in [-0.2, -0.15) is 8.78 Å². The van der Waals surface area contributed by atoms with Crippen molar-refractivity contribution < 1.29 is 22.4 Å². The fourth-order valence-electron chi connectivity index (χ4n) is 1.22. The monoisotopic (exact) mass is 264 g/mol. The average molecular weight is 264 g/mol. The van der Waals surface area contributed by atoms with Gasteiger partial charge in [-0.25, -0.2) is 8.78 Å². The topological polar surface area (TPSA) is 41.1 Å². The zero-order valence-corrected chi connectivity index (χ0v) is 9.51. The molecule has 0 aromatic heterocycles. The van der Waals surface area contributed by atoms with Gasteiger partial charge in [0.25, 0.3) is 0 Å². The normalized spacial score (nSPS) is 11.7. The summed E-state index contributed by atoms with van der Waals surface area (Å²) in [6.07, 6.45) is -4.03. The molecule has 0 spiro atoms. The second-order valence-corrected chi connectivity index (χ2v) is 3.61. The number of halogens is 4. The number of carbonyl (C=O) groups is 1. The lowest BCUT2D eigenvalue weighted by atomic mass is 10.2. The van der Waals surface area contributed by atoms with E-state index in [4.69, 9.17) is 0 Å². The van der Waals surface area contributed by atoms with Crippen LogP contribution in [0.2, 0.25) is 0 Å². The smallest absolute Gasteiger partial charge is 0.321 e. The molecule has 1 rings (SSSR count). The quantitative estimate of drug-likeness (QED) is 0.801. The Morgan fingerprint density at radius 3 is 2.28 bits per heavy atom. The Morgan fingerprint density at radius 1 is 1.28 bits per heavy atom. The van der Waals surface area contributed by atoms with Crippen molar-refractivity contribution in [2.45, 2.75) is 18.9 Å². The van der Waals surface area contributed by atoms with Crippen LogP contribution in [0, 0.1) is 0 Å². The zero-order chi connectivity index (χ0) is 13.8. The fraction of sp³-hybridized carbons (Fsp3) is 0.364. The third-order valence-corrected chi connectivity index (χ3v) is 2.17. The lowest BCUT2D eigenvalue weighted by Gasteiger charge is -2.14. The minimum atomic E-state index is -4.69. The van der Waals surface area contributed by atoms with Crippen LogP contribution in [0.3, 0.4) is 0 Å². The molecule has 7 heteroatoms. The lowest BCUT2D eigenvalue weighted by Crippen LogP contribution is -2.40. The molecule has 0 saturated heterocycles. The number of rotatable bonds is 5. The predicted molar refractivity (Wildman–Crippen MR) is 58.8 cm³/mol. The van der Waals surface area contributed by atoms with Crippen molar-refractivity contribution in [1.82, 2.24) is 5.32 Å². The van der Waals surface area contributed by atoms with E-state index in [2.05, 4.69) is 5.32 Å². The molecule has 0 radical (unpaired) electrons. The molecule has 100 valence electrons. The maximum atomic E-state index is 12.7. The lowest BCUT2D eigenvalue weighted by molar-refractivity contribution is -0.163. The highest BCUT2D eigenvalue weighted by molar-refractivity contribution is 5.96. The Balaban J connectivity index is 2.70. The van der Waals surface area contributed by atoms with Crippen LogP contribution in [-0.4, -0.2) is 25.3 Å². The molecular formula is C11H12F4N2O. The number of nitrogens with one attached hydrogen (secondary N) is 2. The van der Waals surface area contributed by atoms with E-state index in [1.54, 1.807) is 24.5 Å². The van der Waals surface area contributed by atoms with Crippen molar-refractivity contribution in [3.05, 3.63) is 29.8 Å². The van der Waals surface area contributed by atoms with Crippen LogP contribution in [-0.2, 0) is 11.3 Å². The molecule has 0 saturated carbocycles. The number of hydrogen-bond donors (Lipinski definition) is 2. The summed E-state index contributed by atoms with van der Waals surface area (Å²) in [6, 6.07) is 5.91. The van der Waals surface area contributed by atoms with Crippen molar-refractivity contribution in [2.75, 3.05) is 12.4 Å². The van der Waals surface area contributed by atoms with E-state index in [9.17, 15) is 22.4 Å². The summed E-state index contributed by atoms with van der Waals surface area (Å²) in [5.41, 5.74) is 0.913. The first-order valence-electron chi connectivity index (χ1n) is 5.09. The van der Waals surface area contributed by atoms with E-state index in [1.165, 1.54) is 12.1 Å². The Kier molecular flexibility index (Phi) is 4.66. The van der Waals surface area contributed by atoms with Gasteiger partial charge in [-0.1, -0.05) is 12.1 Å². The molecule has 1 aromatic rings. The van der Waals surface area contributed by atoms with Crippen LogP contribution >= 0.6 is 0 Å². The molecule has 2 N–H and O–H groups in total. The Hall–Kier alpha value is -1.63. The van der Waals surface area contributed by atoms with E-state index in [0.717, 1.165) is 5.56 Å². The molecule has 1 aromatic carbocycles. The summed E-state index contributed by atoms with van der Waals surface area (Å²) in [5, 5.41) is 4.62. The number of benzene rings is 1. The van der Waals surface area contributed by atoms with E-state index >= 15 is 0 Å². The molecule has 0 aliphatic rings. The molecule has 0 aliphatic heterocycles. The highest BCUT2D eigenvalue weighted by Crippen LogP contribution is 2.24. The number of amides is 1. The van der Waals surface area contributed by atoms with Crippen LogP contribution in [0.1, 0.15) is 5.56 Å². The summed E-state index contributed by atoms with van der Waals surface area (Å²) in [5.74, 6) is -6.71. The minimum Gasteiger partial charge on any atom is -0.321 e. The summed E-state index contributed by atoms with van der Waals surface area (Å²) in [7, 11) is 1.73. The molecule has 18 heavy (non-hydrogen) atoms. The molecule has 0 aliphatic carbocycles. The van der Waals surface area contributed by atoms with Crippen LogP contribution in [0.5, 0.6) is 0 Å². The first-order valence-corrected chi connectivity index (χ1v) is 5.09.